The lowest BCUT2D eigenvalue weighted by Crippen LogP contribution is -2.41. The van der Waals surface area contributed by atoms with E-state index in [9.17, 15) is 0 Å². The van der Waals surface area contributed by atoms with Gasteiger partial charge in [-0.3, -0.25) is 0 Å². The summed E-state index contributed by atoms with van der Waals surface area (Å²) in [4.78, 5) is 0. The van der Waals surface area contributed by atoms with Gasteiger partial charge in [-0.25, -0.2) is 4.68 Å². The monoisotopic (exact) mass is 422 g/mol. The lowest BCUT2D eigenvalue weighted by Gasteiger charge is -2.38. The third-order valence-corrected chi connectivity index (χ3v) is 6.23. The first kappa shape index (κ1) is 19.2. The lowest BCUT2D eigenvalue weighted by molar-refractivity contribution is 0.0125. The van der Waals surface area contributed by atoms with Gasteiger partial charge in [0.15, 0.2) is 0 Å². The van der Waals surface area contributed by atoms with Crippen LogP contribution in [0.15, 0.2) is 60.9 Å². The molecule has 0 amide bonds. The molecule has 1 N–H and O–H groups in total. The molecular formula is C23H23ClN4O2. The first-order chi connectivity index (χ1) is 14.5. The number of rotatable bonds is 4. The Kier molecular flexibility index (Phi) is 4.76. The van der Waals surface area contributed by atoms with Crippen molar-refractivity contribution in [1.82, 2.24) is 15.0 Å². The standard InChI is InChI=1S/C23H23ClN4O2/c1-15-9-17(24)7-8-22(15)30-12-18-11-28(27-26-18)19-10-23(14-29-13-19)16(2)25-21-6-4-3-5-20(21)23/h3-9,11,19,25H,2,10,12-14H2,1H3. The number of fused-ring (bicyclic) bond motifs is 2. The molecule has 3 heterocycles. The van der Waals surface area contributed by atoms with E-state index in [1.807, 2.05) is 42.1 Å². The van der Waals surface area contributed by atoms with Crippen LogP contribution in [0, 0.1) is 6.92 Å². The molecule has 7 heteroatoms. The van der Waals surface area contributed by atoms with Crippen LogP contribution < -0.4 is 10.1 Å². The second kappa shape index (κ2) is 7.45. The predicted octanol–water partition coefficient (Wildman–Crippen LogP) is 4.66. The van der Waals surface area contributed by atoms with E-state index in [1.54, 1.807) is 0 Å². The summed E-state index contributed by atoms with van der Waals surface area (Å²) in [7, 11) is 0. The zero-order valence-electron chi connectivity index (χ0n) is 16.8. The van der Waals surface area contributed by atoms with E-state index >= 15 is 0 Å². The highest BCUT2D eigenvalue weighted by Crippen LogP contribution is 2.49. The van der Waals surface area contributed by atoms with Crippen LogP contribution >= 0.6 is 11.6 Å². The van der Waals surface area contributed by atoms with Gasteiger partial charge in [-0.05, 0) is 48.7 Å². The Bertz CT molecular complexity index is 1110. The molecule has 1 spiro atoms. The van der Waals surface area contributed by atoms with Gasteiger partial charge in [-0.15, -0.1) is 5.10 Å². The molecule has 0 radical (unpaired) electrons. The number of ether oxygens (including phenoxy) is 2. The molecule has 2 aromatic carbocycles. The fourth-order valence-corrected chi connectivity index (χ4v) is 4.62. The number of para-hydroxylation sites is 1. The molecule has 154 valence electrons. The molecule has 1 saturated heterocycles. The average Bonchev–Trinajstić information content (AvgIpc) is 3.32. The lowest BCUT2D eigenvalue weighted by atomic mass is 9.74. The number of halogens is 1. The van der Waals surface area contributed by atoms with E-state index in [1.165, 1.54) is 5.56 Å². The van der Waals surface area contributed by atoms with Gasteiger partial charge in [-0.1, -0.05) is 41.6 Å². The van der Waals surface area contributed by atoms with Gasteiger partial charge in [0.25, 0.3) is 0 Å². The van der Waals surface area contributed by atoms with Crippen molar-refractivity contribution >= 4 is 17.3 Å². The molecular weight excluding hydrogens is 400 g/mol. The van der Waals surface area contributed by atoms with Gasteiger partial charge in [0.1, 0.15) is 18.1 Å². The zero-order chi connectivity index (χ0) is 20.7. The van der Waals surface area contributed by atoms with E-state index in [0.717, 1.165) is 34.8 Å². The van der Waals surface area contributed by atoms with Crippen LogP contribution in [0.5, 0.6) is 5.75 Å². The Hall–Kier alpha value is -2.83. The largest absolute Gasteiger partial charge is 0.487 e. The van der Waals surface area contributed by atoms with E-state index in [-0.39, 0.29) is 11.5 Å². The van der Waals surface area contributed by atoms with Crippen molar-refractivity contribution in [1.29, 1.82) is 0 Å². The van der Waals surface area contributed by atoms with Crippen molar-refractivity contribution in [3.8, 4) is 5.75 Å². The maximum absolute atomic E-state index is 6.03. The van der Waals surface area contributed by atoms with Gasteiger partial charge in [-0.2, -0.15) is 0 Å². The second-order valence-electron chi connectivity index (χ2n) is 7.99. The molecule has 2 unspecified atom stereocenters. The second-order valence-corrected chi connectivity index (χ2v) is 8.43. The highest BCUT2D eigenvalue weighted by atomic mass is 35.5. The number of nitrogens with one attached hydrogen (secondary N) is 1. The number of aromatic nitrogens is 3. The summed E-state index contributed by atoms with van der Waals surface area (Å²) < 4.78 is 13.8. The molecule has 1 fully saturated rings. The Balaban J connectivity index is 1.32. The fraction of sp³-hybridized carbons (Fsp3) is 0.304. The average molecular weight is 423 g/mol. The summed E-state index contributed by atoms with van der Waals surface area (Å²) in [5.41, 5.74) is 4.84. The Morgan fingerprint density at radius 3 is 3.07 bits per heavy atom. The summed E-state index contributed by atoms with van der Waals surface area (Å²) in [6, 6.07) is 14.0. The van der Waals surface area contributed by atoms with Crippen molar-refractivity contribution in [2.24, 2.45) is 0 Å². The fourth-order valence-electron chi connectivity index (χ4n) is 4.40. The van der Waals surface area contributed by atoms with Crippen molar-refractivity contribution < 1.29 is 9.47 Å². The Morgan fingerprint density at radius 1 is 1.33 bits per heavy atom. The minimum atomic E-state index is -0.247. The quantitative estimate of drug-likeness (QED) is 0.662. The molecule has 0 saturated carbocycles. The van der Waals surface area contributed by atoms with E-state index in [4.69, 9.17) is 21.1 Å². The van der Waals surface area contributed by atoms with Crippen LogP contribution in [0.3, 0.4) is 0 Å². The summed E-state index contributed by atoms with van der Waals surface area (Å²) >= 11 is 6.01. The van der Waals surface area contributed by atoms with Crippen LogP contribution in [0.2, 0.25) is 5.02 Å². The number of benzene rings is 2. The van der Waals surface area contributed by atoms with Crippen LogP contribution in [0.4, 0.5) is 5.69 Å². The molecule has 6 nitrogen and oxygen atoms in total. The van der Waals surface area contributed by atoms with Gasteiger partial charge < -0.3 is 14.8 Å². The van der Waals surface area contributed by atoms with E-state index in [2.05, 4.69) is 40.4 Å². The summed E-state index contributed by atoms with van der Waals surface area (Å²) in [5, 5.41) is 12.8. The predicted molar refractivity (Wildman–Crippen MR) is 116 cm³/mol. The van der Waals surface area contributed by atoms with E-state index in [0.29, 0.717) is 24.8 Å². The van der Waals surface area contributed by atoms with Gasteiger partial charge in [0.2, 0.25) is 0 Å². The minimum absolute atomic E-state index is 0.0713. The molecule has 2 atom stereocenters. The highest BCUT2D eigenvalue weighted by Gasteiger charge is 2.47. The summed E-state index contributed by atoms with van der Waals surface area (Å²) in [6.07, 6.45) is 2.80. The van der Waals surface area contributed by atoms with Crippen LogP contribution in [-0.4, -0.2) is 28.2 Å². The molecule has 0 aliphatic carbocycles. The normalized spacial score (nSPS) is 22.7. The Morgan fingerprint density at radius 2 is 2.20 bits per heavy atom. The van der Waals surface area contributed by atoms with Gasteiger partial charge >= 0.3 is 0 Å². The first-order valence-electron chi connectivity index (χ1n) is 9.98. The number of hydrogen-bond acceptors (Lipinski definition) is 5. The molecule has 5 rings (SSSR count). The van der Waals surface area contributed by atoms with Crippen molar-refractivity contribution in [2.75, 3.05) is 18.5 Å². The molecule has 3 aromatic rings. The third-order valence-electron chi connectivity index (χ3n) is 5.99. The number of anilines is 1. The van der Waals surface area contributed by atoms with Crippen molar-refractivity contribution in [3.05, 3.63) is 82.8 Å². The number of hydrogen-bond donors (Lipinski definition) is 1. The maximum Gasteiger partial charge on any atom is 0.134 e. The molecule has 2 aliphatic heterocycles. The smallest absolute Gasteiger partial charge is 0.134 e. The van der Waals surface area contributed by atoms with Crippen LogP contribution in [0.1, 0.15) is 29.3 Å². The third kappa shape index (κ3) is 3.26. The maximum atomic E-state index is 6.03. The van der Waals surface area contributed by atoms with Gasteiger partial charge in [0.05, 0.1) is 30.9 Å². The summed E-state index contributed by atoms with van der Waals surface area (Å²) in [5.74, 6) is 0.791. The van der Waals surface area contributed by atoms with E-state index < -0.39 is 0 Å². The van der Waals surface area contributed by atoms with Crippen LogP contribution in [0.25, 0.3) is 0 Å². The number of nitrogens with zero attached hydrogens (tertiary/aromatic N) is 3. The molecule has 1 aromatic heterocycles. The van der Waals surface area contributed by atoms with Gasteiger partial charge in [0, 0.05) is 16.4 Å². The molecule has 2 aliphatic rings. The minimum Gasteiger partial charge on any atom is -0.487 e. The van der Waals surface area contributed by atoms with Crippen molar-refractivity contribution in [2.45, 2.75) is 31.4 Å². The topological polar surface area (TPSA) is 61.2 Å². The zero-order valence-corrected chi connectivity index (χ0v) is 17.5. The highest BCUT2D eigenvalue weighted by molar-refractivity contribution is 6.30. The summed E-state index contributed by atoms with van der Waals surface area (Å²) in [6.45, 7) is 7.82. The molecule has 30 heavy (non-hydrogen) atoms. The molecule has 0 bridgehead atoms. The Labute approximate surface area is 180 Å². The number of aryl methyl sites for hydroxylation is 1. The van der Waals surface area contributed by atoms with Crippen LogP contribution in [-0.2, 0) is 16.8 Å². The first-order valence-corrected chi connectivity index (χ1v) is 10.4. The van der Waals surface area contributed by atoms with Crippen molar-refractivity contribution in [3.63, 3.8) is 0 Å². The SMILES string of the molecule is C=C1Nc2ccccc2C12COCC(n1cc(COc3ccc(Cl)cc3C)nn1)C2.